The van der Waals surface area contributed by atoms with E-state index in [0.29, 0.717) is 12.1 Å². The van der Waals surface area contributed by atoms with Gasteiger partial charge in [-0.05, 0) is 36.9 Å². The van der Waals surface area contributed by atoms with Crippen molar-refractivity contribution in [3.8, 4) is 0 Å². The largest absolute Gasteiger partial charge is 0.406 e. The number of amides is 2. The third-order valence-corrected chi connectivity index (χ3v) is 4.78. The highest BCUT2D eigenvalue weighted by atomic mass is 32.2. The van der Waals surface area contributed by atoms with E-state index in [1.54, 1.807) is 30.8 Å². The Kier molecular flexibility index (Phi) is 6.37. The third kappa shape index (κ3) is 5.14. The third-order valence-electron chi connectivity index (χ3n) is 4.03. The van der Waals surface area contributed by atoms with Crippen LogP contribution in [-0.2, 0) is 9.59 Å². The molecule has 0 radical (unpaired) electrons. The van der Waals surface area contributed by atoms with Crippen molar-refractivity contribution in [1.29, 1.82) is 0 Å². The summed E-state index contributed by atoms with van der Waals surface area (Å²) in [4.78, 5) is 28.1. The summed E-state index contributed by atoms with van der Waals surface area (Å²) in [6, 6.07) is 7.32. The van der Waals surface area contributed by atoms with Crippen molar-refractivity contribution >= 4 is 29.3 Å². The Hall–Kier alpha value is -1.70. The van der Waals surface area contributed by atoms with E-state index < -0.39 is 24.5 Å². The zero-order chi connectivity index (χ0) is 18.6. The molecule has 4 nitrogen and oxygen atoms in total. The van der Waals surface area contributed by atoms with Crippen molar-refractivity contribution in [2.45, 2.75) is 30.8 Å². The number of benzene rings is 1. The molecular formula is C17H21F3N2O2S. The molecular weight excluding hydrogens is 353 g/mol. The molecule has 1 saturated heterocycles. The second-order valence-electron chi connectivity index (χ2n) is 5.98. The van der Waals surface area contributed by atoms with Crippen LogP contribution in [0.4, 0.5) is 18.9 Å². The van der Waals surface area contributed by atoms with Gasteiger partial charge in [-0.1, -0.05) is 6.92 Å². The maximum atomic E-state index is 12.7. The van der Waals surface area contributed by atoms with E-state index in [1.807, 2.05) is 18.4 Å². The molecule has 1 aromatic carbocycles. The maximum absolute atomic E-state index is 12.7. The second-order valence-corrected chi connectivity index (χ2v) is 6.86. The molecule has 8 heteroatoms. The Morgan fingerprint density at radius 3 is 2.48 bits per heavy atom. The molecule has 0 saturated carbocycles. The summed E-state index contributed by atoms with van der Waals surface area (Å²) in [5, 5.41) is 0. The zero-order valence-corrected chi connectivity index (χ0v) is 15.0. The van der Waals surface area contributed by atoms with Gasteiger partial charge < -0.3 is 9.80 Å². The monoisotopic (exact) mass is 374 g/mol. The Balaban J connectivity index is 2.09. The van der Waals surface area contributed by atoms with E-state index in [1.165, 1.54) is 4.90 Å². The van der Waals surface area contributed by atoms with Crippen LogP contribution >= 0.6 is 11.8 Å². The molecule has 2 amide bonds. The smallest absolute Gasteiger partial charge is 0.333 e. The van der Waals surface area contributed by atoms with Crippen LogP contribution in [0.1, 0.15) is 19.8 Å². The minimum Gasteiger partial charge on any atom is -0.333 e. The fraction of sp³-hybridized carbons (Fsp3) is 0.529. The zero-order valence-electron chi connectivity index (χ0n) is 14.2. The van der Waals surface area contributed by atoms with E-state index >= 15 is 0 Å². The van der Waals surface area contributed by atoms with Crippen LogP contribution in [0.25, 0.3) is 0 Å². The first kappa shape index (κ1) is 19.6. The number of hydrogen-bond acceptors (Lipinski definition) is 3. The first-order chi connectivity index (χ1) is 11.7. The minimum atomic E-state index is -4.44. The average molecular weight is 374 g/mol. The lowest BCUT2D eigenvalue weighted by molar-refractivity contribution is -0.163. The number of anilines is 1. The standard InChI is InChI=1S/C17H21F3N2O2S/c1-3-8-21(11-17(18,19)20)16(24)12-9-15(23)22(10-12)13-4-6-14(25-2)7-5-13/h4-7,12H,3,8-11H2,1-2H3. The molecule has 0 spiro atoms. The summed E-state index contributed by atoms with van der Waals surface area (Å²) in [6.07, 6.45) is -2.13. The van der Waals surface area contributed by atoms with Crippen LogP contribution in [0, 0.1) is 5.92 Å². The number of hydrogen-bond donors (Lipinski definition) is 0. The number of nitrogens with zero attached hydrogens (tertiary/aromatic N) is 2. The summed E-state index contributed by atoms with van der Waals surface area (Å²) in [5.74, 6) is -1.57. The van der Waals surface area contributed by atoms with E-state index in [2.05, 4.69) is 0 Å². The molecule has 1 atom stereocenters. The highest BCUT2D eigenvalue weighted by molar-refractivity contribution is 7.98. The number of carbonyl (C=O) groups is 2. The molecule has 2 rings (SSSR count). The molecule has 1 aliphatic heterocycles. The summed E-state index contributed by atoms with van der Waals surface area (Å²) in [6.45, 7) is 0.600. The molecule has 0 N–H and O–H groups in total. The van der Waals surface area contributed by atoms with Crippen LogP contribution in [-0.4, -0.2) is 48.8 Å². The predicted octanol–water partition coefficient (Wildman–Crippen LogP) is 3.56. The van der Waals surface area contributed by atoms with Crippen molar-refractivity contribution < 1.29 is 22.8 Å². The Morgan fingerprint density at radius 1 is 1.32 bits per heavy atom. The van der Waals surface area contributed by atoms with Crippen LogP contribution < -0.4 is 4.90 Å². The van der Waals surface area contributed by atoms with Gasteiger partial charge in [0.25, 0.3) is 0 Å². The molecule has 1 heterocycles. The molecule has 138 valence electrons. The number of carbonyl (C=O) groups excluding carboxylic acids is 2. The van der Waals surface area contributed by atoms with Gasteiger partial charge in [-0.2, -0.15) is 13.2 Å². The topological polar surface area (TPSA) is 40.6 Å². The molecule has 1 unspecified atom stereocenters. The summed E-state index contributed by atoms with van der Waals surface area (Å²) < 4.78 is 38.1. The lowest BCUT2D eigenvalue weighted by Crippen LogP contribution is -2.43. The van der Waals surface area contributed by atoms with Crippen LogP contribution in [0.15, 0.2) is 29.2 Å². The van der Waals surface area contributed by atoms with Crippen molar-refractivity contribution in [2.24, 2.45) is 5.92 Å². The molecule has 25 heavy (non-hydrogen) atoms. The van der Waals surface area contributed by atoms with Gasteiger partial charge in [-0.25, -0.2) is 0 Å². The van der Waals surface area contributed by atoms with Gasteiger partial charge in [-0.3, -0.25) is 9.59 Å². The van der Waals surface area contributed by atoms with Gasteiger partial charge in [0.15, 0.2) is 0 Å². The van der Waals surface area contributed by atoms with Gasteiger partial charge >= 0.3 is 6.18 Å². The summed E-state index contributed by atoms with van der Waals surface area (Å²) >= 11 is 1.57. The van der Waals surface area contributed by atoms with E-state index in [4.69, 9.17) is 0 Å². The number of thioether (sulfide) groups is 1. The van der Waals surface area contributed by atoms with Crippen molar-refractivity contribution in [2.75, 3.05) is 30.8 Å². The SMILES string of the molecule is CCCN(CC(F)(F)F)C(=O)C1CC(=O)N(c2ccc(SC)cc2)C1. The van der Waals surface area contributed by atoms with Crippen LogP contribution in [0.3, 0.4) is 0 Å². The van der Waals surface area contributed by atoms with Gasteiger partial charge in [0.1, 0.15) is 6.54 Å². The molecule has 1 aliphatic rings. The quantitative estimate of drug-likeness (QED) is 0.715. The summed E-state index contributed by atoms with van der Waals surface area (Å²) in [5.41, 5.74) is 0.663. The first-order valence-electron chi connectivity index (χ1n) is 8.05. The predicted molar refractivity (Wildman–Crippen MR) is 91.6 cm³/mol. The van der Waals surface area contributed by atoms with Gasteiger partial charge in [0.2, 0.25) is 11.8 Å². The lowest BCUT2D eigenvalue weighted by atomic mass is 10.1. The van der Waals surface area contributed by atoms with Crippen molar-refractivity contribution in [3.05, 3.63) is 24.3 Å². The number of alkyl halides is 3. The Bertz CT molecular complexity index is 619. The van der Waals surface area contributed by atoms with Crippen molar-refractivity contribution in [3.63, 3.8) is 0 Å². The van der Waals surface area contributed by atoms with Gasteiger partial charge in [0.05, 0.1) is 5.92 Å². The van der Waals surface area contributed by atoms with Crippen LogP contribution in [0.2, 0.25) is 0 Å². The molecule has 1 fully saturated rings. The van der Waals surface area contributed by atoms with E-state index in [0.717, 1.165) is 9.80 Å². The molecule has 1 aromatic rings. The highest BCUT2D eigenvalue weighted by Crippen LogP contribution is 2.29. The lowest BCUT2D eigenvalue weighted by Gasteiger charge is -2.26. The van der Waals surface area contributed by atoms with Crippen LogP contribution in [0.5, 0.6) is 0 Å². The Labute approximate surface area is 149 Å². The molecule has 0 bridgehead atoms. The fourth-order valence-corrected chi connectivity index (χ4v) is 3.30. The first-order valence-corrected chi connectivity index (χ1v) is 9.27. The van der Waals surface area contributed by atoms with Gasteiger partial charge in [-0.15, -0.1) is 11.8 Å². The Morgan fingerprint density at radius 2 is 1.96 bits per heavy atom. The summed E-state index contributed by atoms with van der Waals surface area (Å²) in [7, 11) is 0. The minimum absolute atomic E-state index is 0.0332. The van der Waals surface area contributed by atoms with Gasteiger partial charge in [0, 0.05) is 30.1 Å². The van der Waals surface area contributed by atoms with E-state index in [-0.39, 0.29) is 25.4 Å². The number of halogens is 3. The van der Waals surface area contributed by atoms with Crippen molar-refractivity contribution in [1.82, 2.24) is 4.90 Å². The normalized spacial score (nSPS) is 17.9. The molecule has 0 aromatic heterocycles. The number of rotatable bonds is 6. The molecule has 0 aliphatic carbocycles. The second kappa shape index (κ2) is 8.12. The highest BCUT2D eigenvalue weighted by Gasteiger charge is 2.40. The maximum Gasteiger partial charge on any atom is 0.406 e. The average Bonchev–Trinajstić information content (AvgIpc) is 2.94. The van der Waals surface area contributed by atoms with E-state index in [9.17, 15) is 22.8 Å². The fourth-order valence-electron chi connectivity index (χ4n) is 2.90.